The van der Waals surface area contributed by atoms with Gasteiger partial charge in [-0.3, -0.25) is 10.5 Å². The minimum atomic E-state index is -1.07. The minimum Gasteiger partial charge on any atom is -0.423 e. The van der Waals surface area contributed by atoms with Gasteiger partial charge in [-0.05, 0) is 69.2 Å². The lowest BCUT2D eigenvalue weighted by atomic mass is 9.89. The van der Waals surface area contributed by atoms with Crippen LogP contribution in [0.2, 0.25) is 0 Å². The maximum Gasteiger partial charge on any atom is 0.343 e. The van der Waals surface area contributed by atoms with E-state index in [1.54, 1.807) is 70.2 Å². The minimum absolute atomic E-state index is 0.242. The molecule has 2 aromatic carbocycles. The Morgan fingerprint density at radius 1 is 0.840 bits per heavy atom. The lowest BCUT2D eigenvalue weighted by Gasteiger charge is -2.26. The highest BCUT2D eigenvalue weighted by molar-refractivity contribution is 5.91. The summed E-state index contributed by atoms with van der Waals surface area (Å²) < 4.78 is 5.36. The van der Waals surface area contributed by atoms with Crippen molar-refractivity contribution in [2.45, 2.75) is 38.9 Å². The SMILES string of the molecule is CC(C)(OO)c1cc(C(=O)Oc2ccccc2)cc(C(C)(C)OO)c1. The predicted molar refractivity (Wildman–Crippen MR) is 91.3 cm³/mol. The molecule has 2 N–H and O–H groups in total. The van der Waals surface area contributed by atoms with Crippen LogP contribution in [0.4, 0.5) is 0 Å². The van der Waals surface area contributed by atoms with E-state index >= 15 is 0 Å². The highest BCUT2D eigenvalue weighted by Gasteiger charge is 2.29. The molecule has 0 aromatic heterocycles. The van der Waals surface area contributed by atoms with E-state index in [0.29, 0.717) is 16.9 Å². The van der Waals surface area contributed by atoms with Crippen LogP contribution >= 0.6 is 0 Å². The first-order chi connectivity index (χ1) is 11.7. The van der Waals surface area contributed by atoms with E-state index < -0.39 is 17.2 Å². The van der Waals surface area contributed by atoms with Gasteiger partial charge < -0.3 is 4.74 Å². The molecule has 0 aliphatic carbocycles. The van der Waals surface area contributed by atoms with Gasteiger partial charge in [0, 0.05) is 0 Å². The summed E-state index contributed by atoms with van der Waals surface area (Å²) in [5, 5.41) is 18.3. The van der Waals surface area contributed by atoms with E-state index in [2.05, 4.69) is 9.78 Å². The maximum absolute atomic E-state index is 12.5. The number of hydrogen-bond acceptors (Lipinski definition) is 6. The van der Waals surface area contributed by atoms with E-state index in [4.69, 9.17) is 15.3 Å². The number of benzene rings is 2. The molecule has 0 atom stereocenters. The lowest BCUT2D eigenvalue weighted by Crippen LogP contribution is -2.25. The standard InChI is InChI=1S/C19H22O6/c1-18(2,24-21)14-10-13(11-15(12-14)19(3,4)25-22)17(20)23-16-8-6-5-7-9-16/h5-12,21-22H,1-4H3. The van der Waals surface area contributed by atoms with Gasteiger partial charge in [-0.1, -0.05) is 18.2 Å². The average Bonchev–Trinajstić information content (AvgIpc) is 2.62. The Morgan fingerprint density at radius 3 is 1.76 bits per heavy atom. The van der Waals surface area contributed by atoms with Crippen molar-refractivity contribution in [2.24, 2.45) is 0 Å². The van der Waals surface area contributed by atoms with Crippen molar-refractivity contribution in [3.8, 4) is 5.75 Å². The number of carbonyl (C=O) groups is 1. The van der Waals surface area contributed by atoms with Crippen LogP contribution in [0.25, 0.3) is 0 Å². The molecular weight excluding hydrogens is 324 g/mol. The number of carbonyl (C=O) groups excluding carboxylic acids is 1. The van der Waals surface area contributed by atoms with Crippen LogP contribution in [-0.2, 0) is 21.0 Å². The van der Waals surface area contributed by atoms with Crippen LogP contribution in [0.1, 0.15) is 49.2 Å². The molecule has 0 fully saturated rings. The molecule has 6 nitrogen and oxygen atoms in total. The fourth-order valence-corrected chi connectivity index (χ4v) is 2.20. The molecule has 25 heavy (non-hydrogen) atoms. The third kappa shape index (κ3) is 4.43. The van der Waals surface area contributed by atoms with Crippen molar-refractivity contribution in [1.82, 2.24) is 0 Å². The Kier molecular flexibility index (Phi) is 5.59. The summed E-state index contributed by atoms with van der Waals surface area (Å²) in [6.07, 6.45) is 0. The van der Waals surface area contributed by atoms with Gasteiger partial charge in [0.25, 0.3) is 0 Å². The van der Waals surface area contributed by atoms with Crippen molar-refractivity contribution in [3.05, 3.63) is 65.2 Å². The molecule has 2 aromatic rings. The van der Waals surface area contributed by atoms with Gasteiger partial charge in [0.15, 0.2) is 0 Å². The smallest absolute Gasteiger partial charge is 0.343 e. The fraction of sp³-hybridized carbons (Fsp3) is 0.316. The van der Waals surface area contributed by atoms with E-state index in [1.807, 2.05) is 6.07 Å². The van der Waals surface area contributed by atoms with Crippen LogP contribution < -0.4 is 4.74 Å². The number of para-hydroxylation sites is 1. The monoisotopic (exact) mass is 346 g/mol. The zero-order valence-corrected chi connectivity index (χ0v) is 14.6. The molecule has 134 valence electrons. The van der Waals surface area contributed by atoms with E-state index in [-0.39, 0.29) is 5.56 Å². The molecular formula is C19H22O6. The normalized spacial score (nSPS) is 12.1. The van der Waals surface area contributed by atoms with Crippen LogP contribution in [0.3, 0.4) is 0 Å². The lowest BCUT2D eigenvalue weighted by molar-refractivity contribution is -0.320. The van der Waals surface area contributed by atoms with Gasteiger partial charge in [0.2, 0.25) is 0 Å². The molecule has 0 aliphatic rings. The van der Waals surface area contributed by atoms with Crippen LogP contribution in [0, 0.1) is 0 Å². The molecule has 0 aliphatic heterocycles. The van der Waals surface area contributed by atoms with Crippen molar-refractivity contribution >= 4 is 5.97 Å². The average molecular weight is 346 g/mol. The molecule has 6 heteroatoms. The van der Waals surface area contributed by atoms with Gasteiger partial charge in [-0.2, -0.15) is 0 Å². The zero-order chi connectivity index (χ0) is 18.7. The summed E-state index contributed by atoms with van der Waals surface area (Å²) >= 11 is 0. The number of esters is 1. The number of ether oxygens (including phenoxy) is 1. The Hall–Kier alpha value is -2.25. The summed E-state index contributed by atoms with van der Waals surface area (Å²) in [4.78, 5) is 21.6. The Balaban J connectivity index is 2.47. The molecule has 0 saturated heterocycles. The van der Waals surface area contributed by atoms with Crippen LogP contribution in [0.5, 0.6) is 5.75 Å². The molecule has 0 radical (unpaired) electrons. The summed E-state index contributed by atoms with van der Waals surface area (Å²) in [5.41, 5.74) is -0.839. The first-order valence-corrected chi connectivity index (χ1v) is 7.78. The molecule has 2 rings (SSSR count). The van der Waals surface area contributed by atoms with Crippen molar-refractivity contribution < 1.29 is 29.8 Å². The third-order valence-corrected chi connectivity index (χ3v) is 3.97. The second-order valence-corrected chi connectivity index (χ2v) is 6.70. The van der Waals surface area contributed by atoms with Crippen molar-refractivity contribution in [2.75, 3.05) is 0 Å². The Bertz CT molecular complexity index is 703. The summed E-state index contributed by atoms with van der Waals surface area (Å²) in [6.45, 7) is 6.58. The number of hydrogen-bond donors (Lipinski definition) is 2. The molecule has 0 saturated carbocycles. The van der Waals surface area contributed by atoms with Crippen molar-refractivity contribution in [3.63, 3.8) is 0 Å². The molecule has 0 bridgehead atoms. The van der Waals surface area contributed by atoms with Gasteiger partial charge >= 0.3 is 5.97 Å². The zero-order valence-electron chi connectivity index (χ0n) is 14.6. The fourth-order valence-electron chi connectivity index (χ4n) is 2.20. The molecule has 0 amide bonds. The number of rotatable bonds is 6. The molecule has 0 unspecified atom stereocenters. The second-order valence-electron chi connectivity index (χ2n) is 6.70. The Labute approximate surface area is 146 Å². The summed E-state index contributed by atoms with van der Waals surface area (Å²) in [5.74, 6) is -0.161. The highest BCUT2D eigenvalue weighted by Crippen LogP contribution is 2.32. The van der Waals surface area contributed by atoms with Gasteiger partial charge in [0.05, 0.1) is 5.56 Å². The largest absolute Gasteiger partial charge is 0.423 e. The first kappa shape index (κ1) is 19.1. The van der Waals surface area contributed by atoms with Crippen LogP contribution in [-0.4, -0.2) is 16.5 Å². The van der Waals surface area contributed by atoms with Gasteiger partial charge in [0.1, 0.15) is 17.0 Å². The van der Waals surface area contributed by atoms with Crippen molar-refractivity contribution in [1.29, 1.82) is 0 Å². The summed E-state index contributed by atoms with van der Waals surface area (Å²) in [7, 11) is 0. The second kappa shape index (κ2) is 7.33. The topological polar surface area (TPSA) is 85.2 Å². The van der Waals surface area contributed by atoms with Gasteiger partial charge in [-0.25, -0.2) is 14.6 Å². The van der Waals surface area contributed by atoms with E-state index in [1.165, 1.54) is 0 Å². The summed E-state index contributed by atoms with van der Waals surface area (Å²) in [6, 6.07) is 13.5. The maximum atomic E-state index is 12.5. The molecule has 0 spiro atoms. The highest BCUT2D eigenvalue weighted by atomic mass is 17.1. The predicted octanol–water partition coefficient (Wildman–Crippen LogP) is 4.36. The van der Waals surface area contributed by atoms with Crippen LogP contribution in [0.15, 0.2) is 48.5 Å². The third-order valence-electron chi connectivity index (χ3n) is 3.97. The van der Waals surface area contributed by atoms with Gasteiger partial charge in [-0.15, -0.1) is 0 Å². The molecule has 0 heterocycles. The van der Waals surface area contributed by atoms with E-state index in [9.17, 15) is 4.79 Å². The quantitative estimate of drug-likeness (QED) is 0.350. The van der Waals surface area contributed by atoms with E-state index in [0.717, 1.165) is 0 Å². The Morgan fingerprint density at radius 2 is 1.32 bits per heavy atom. The first-order valence-electron chi connectivity index (χ1n) is 7.78.